The minimum atomic E-state index is -2.47. The van der Waals surface area contributed by atoms with Crippen LogP contribution < -0.4 is 5.32 Å². The first kappa shape index (κ1) is 15.8. The molecule has 1 fully saturated rings. The van der Waals surface area contributed by atoms with Gasteiger partial charge in [0.05, 0.1) is 6.04 Å². The summed E-state index contributed by atoms with van der Waals surface area (Å²) in [6.45, 7) is 5.21. The summed E-state index contributed by atoms with van der Waals surface area (Å²) in [5.41, 5.74) is 0. The molecule has 1 aromatic rings. The summed E-state index contributed by atoms with van der Waals surface area (Å²) in [7, 11) is 0. The van der Waals surface area contributed by atoms with Gasteiger partial charge in [-0.25, -0.2) is 8.78 Å². The Morgan fingerprint density at radius 1 is 1.30 bits per heavy atom. The van der Waals surface area contributed by atoms with Gasteiger partial charge < -0.3 is 5.32 Å². The van der Waals surface area contributed by atoms with Gasteiger partial charge in [-0.3, -0.25) is 0 Å². The van der Waals surface area contributed by atoms with Gasteiger partial charge in [-0.15, -0.1) is 10.2 Å². The van der Waals surface area contributed by atoms with Crippen molar-refractivity contribution in [3.63, 3.8) is 0 Å². The zero-order valence-electron chi connectivity index (χ0n) is 12.2. The Kier molecular flexibility index (Phi) is 5.43. The summed E-state index contributed by atoms with van der Waals surface area (Å²) in [5, 5.41) is 13.9. The zero-order valence-corrected chi connectivity index (χ0v) is 13.0. The quantitative estimate of drug-likeness (QED) is 0.852. The fraction of sp³-hybridized carbons (Fsp3) is 0.857. The van der Waals surface area contributed by atoms with Crippen molar-refractivity contribution < 1.29 is 8.78 Å². The Bertz CT molecular complexity index is 412. The highest BCUT2D eigenvalue weighted by atomic mass is 32.1. The van der Waals surface area contributed by atoms with Gasteiger partial charge in [-0.2, -0.15) is 0 Å². The molecule has 1 atom stereocenters. The second-order valence-corrected chi connectivity index (χ2v) is 6.56. The van der Waals surface area contributed by atoms with E-state index in [1.807, 2.05) is 0 Å². The largest absolute Gasteiger partial charge is 0.308 e. The van der Waals surface area contributed by atoms with Crippen LogP contribution in [-0.2, 0) is 0 Å². The number of nitrogens with zero attached hydrogens (tertiary/aromatic N) is 2. The summed E-state index contributed by atoms with van der Waals surface area (Å²) in [4.78, 5) is 0. The number of hydrogen-bond acceptors (Lipinski definition) is 4. The number of alkyl halides is 2. The molecular weight excluding hydrogens is 280 g/mol. The summed E-state index contributed by atoms with van der Waals surface area (Å²) in [5.74, 6) is -2.30. The molecular formula is C14H23F2N3S. The van der Waals surface area contributed by atoms with Crippen LogP contribution in [0.5, 0.6) is 0 Å². The zero-order chi connectivity index (χ0) is 14.6. The first-order chi connectivity index (χ1) is 9.55. The topological polar surface area (TPSA) is 37.8 Å². The van der Waals surface area contributed by atoms with Gasteiger partial charge in [0.1, 0.15) is 10.0 Å². The summed E-state index contributed by atoms with van der Waals surface area (Å²) in [6, 6.07) is 0.242. The van der Waals surface area contributed by atoms with E-state index in [9.17, 15) is 8.78 Å². The third-order valence-corrected chi connectivity index (χ3v) is 5.07. The number of rotatable bonds is 6. The van der Waals surface area contributed by atoms with Gasteiger partial charge in [-0.05, 0) is 32.2 Å². The molecule has 1 heterocycles. The van der Waals surface area contributed by atoms with Crippen LogP contribution in [0.4, 0.5) is 8.78 Å². The minimum absolute atomic E-state index is 0.0160. The lowest BCUT2D eigenvalue weighted by atomic mass is 9.87. The minimum Gasteiger partial charge on any atom is -0.308 e. The average Bonchev–Trinajstić information content (AvgIpc) is 2.89. The molecule has 2 rings (SSSR count). The molecule has 0 radical (unpaired) electrons. The molecule has 114 valence electrons. The van der Waals surface area contributed by atoms with E-state index < -0.39 is 5.92 Å². The number of aromatic nitrogens is 2. The molecule has 1 aliphatic rings. The Morgan fingerprint density at radius 2 is 2.00 bits per heavy atom. The number of halogens is 2. The molecule has 1 unspecified atom stereocenters. The van der Waals surface area contributed by atoms with Crippen molar-refractivity contribution in [1.29, 1.82) is 0 Å². The van der Waals surface area contributed by atoms with Crippen LogP contribution in [0.15, 0.2) is 0 Å². The lowest BCUT2D eigenvalue weighted by Crippen LogP contribution is -2.23. The lowest BCUT2D eigenvalue weighted by molar-refractivity contribution is -0.0382. The third-order valence-electron chi connectivity index (χ3n) is 3.87. The first-order valence-corrected chi connectivity index (χ1v) is 8.32. The van der Waals surface area contributed by atoms with Crippen molar-refractivity contribution in [3.8, 4) is 0 Å². The fourth-order valence-electron chi connectivity index (χ4n) is 2.56. The number of nitrogens with one attached hydrogen (secondary N) is 1. The SMILES string of the molecule is CCCNC(CC)c1nnc(C2CCC(F)(F)CC2)s1. The Morgan fingerprint density at radius 3 is 2.60 bits per heavy atom. The van der Waals surface area contributed by atoms with Gasteiger partial charge in [-0.1, -0.05) is 25.2 Å². The van der Waals surface area contributed by atoms with E-state index in [1.165, 1.54) is 0 Å². The summed E-state index contributed by atoms with van der Waals surface area (Å²) in [6.07, 6.45) is 3.08. The van der Waals surface area contributed by atoms with Crippen LogP contribution in [0.3, 0.4) is 0 Å². The highest BCUT2D eigenvalue weighted by molar-refractivity contribution is 7.11. The summed E-state index contributed by atoms with van der Waals surface area (Å²) < 4.78 is 26.4. The fourth-order valence-corrected chi connectivity index (χ4v) is 3.74. The standard InChI is InChI=1S/C14H23F2N3S/c1-3-9-17-11(4-2)13-19-18-12(20-13)10-5-7-14(15,16)8-6-10/h10-11,17H,3-9H2,1-2H3. The highest BCUT2D eigenvalue weighted by Crippen LogP contribution is 2.42. The Balaban J connectivity index is 1.98. The molecule has 20 heavy (non-hydrogen) atoms. The maximum atomic E-state index is 13.2. The third kappa shape index (κ3) is 3.95. The van der Waals surface area contributed by atoms with E-state index in [0.29, 0.717) is 12.8 Å². The molecule has 1 aromatic heterocycles. The van der Waals surface area contributed by atoms with Gasteiger partial charge in [0.25, 0.3) is 0 Å². The van der Waals surface area contributed by atoms with Crippen LogP contribution in [0.25, 0.3) is 0 Å². The van der Waals surface area contributed by atoms with Gasteiger partial charge in [0, 0.05) is 18.8 Å². The van der Waals surface area contributed by atoms with Crippen molar-refractivity contribution in [1.82, 2.24) is 15.5 Å². The van der Waals surface area contributed by atoms with Crippen molar-refractivity contribution in [2.45, 2.75) is 70.3 Å². The lowest BCUT2D eigenvalue weighted by Gasteiger charge is -2.26. The molecule has 6 heteroatoms. The van der Waals surface area contributed by atoms with E-state index in [0.717, 1.165) is 29.4 Å². The molecule has 1 N–H and O–H groups in total. The molecule has 1 saturated carbocycles. The maximum Gasteiger partial charge on any atom is 0.248 e. The van der Waals surface area contributed by atoms with Gasteiger partial charge >= 0.3 is 0 Å². The Labute approximate surface area is 123 Å². The average molecular weight is 303 g/mol. The van der Waals surface area contributed by atoms with Crippen molar-refractivity contribution in [3.05, 3.63) is 10.0 Å². The molecule has 0 bridgehead atoms. The van der Waals surface area contributed by atoms with Crippen LogP contribution in [-0.4, -0.2) is 22.7 Å². The highest BCUT2D eigenvalue weighted by Gasteiger charge is 2.36. The van der Waals surface area contributed by atoms with E-state index >= 15 is 0 Å². The second kappa shape index (κ2) is 6.89. The smallest absolute Gasteiger partial charge is 0.248 e. The molecule has 3 nitrogen and oxygen atoms in total. The second-order valence-electron chi connectivity index (χ2n) is 5.52. The number of hydrogen-bond donors (Lipinski definition) is 1. The van der Waals surface area contributed by atoms with Crippen LogP contribution in [0.1, 0.15) is 74.3 Å². The van der Waals surface area contributed by atoms with E-state index in [1.54, 1.807) is 11.3 Å². The molecule has 1 aliphatic carbocycles. The van der Waals surface area contributed by atoms with Crippen LogP contribution >= 0.6 is 11.3 Å². The molecule has 0 spiro atoms. The molecule has 0 aromatic carbocycles. The predicted octanol–water partition coefficient (Wildman–Crippen LogP) is 4.28. The monoisotopic (exact) mass is 303 g/mol. The van der Waals surface area contributed by atoms with Gasteiger partial charge in [0.15, 0.2) is 0 Å². The maximum absolute atomic E-state index is 13.2. The Hall–Kier alpha value is -0.620. The molecule has 0 saturated heterocycles. The predicted molar refractivity (Wildman–Crippen MR) is 77.4 cm³/mol. The van der Waals surface area contributed by atoms with Crippen molar-refractivity contribution in [2.24, 2.45) is 0 Å². The summed E-state index contributed by atoms with van der Waals surface area (Å²) >= 11 is 1.59. The van der Waals surface area contributed by atoms with E-state index in [2.05, 4.69) is 29.4 Å². The van der Waals surface area contributed by atoms with E-state index in [-0.39, 0.29) is 24.8 Å². The van der Waals surface area contributed by atoms with Crippen molar-refractivity contribution in [2.75, 3.05) is 6.54 Å². The van der Waals surface area contributed by atoms with Gasteiger partial charge in [0.2, 0.25) is 5.92 Å². The van der Waals surface area contributed by atoms with Crippen molar-refractivity contribution >= 4 is 11.3 Å². The van der Waals surface area contributed by atoms with E-state index in [4.69, 9.17) is 0 Å². The van der Waals surface area contributed by atoms with Crippen LogP contribution in [0, 0.1) is 0 Å². The first-order valence-electron chi connectivity index (χ1n) is 7.50. The molecule has 0 amide bonds. The van der Waals surface area contributed by atoms with Crippen LogP contribution in [0.2, 0.25) is 0 Å². The normalized spacial score (nSPS) is 21.0. The molecule has 0 aliphatic heterocycles.